The van der Waals surface area contributed by atoms with Crippen LogP contribution in [0.5, 0.6) is 0 Å². The summed E-state index contributed by atoms with van der Waals surface area (Å²) in [5, 5.41) is 14.9. The van der Waals surface area contributed by atoms with Crippen molar-refractivity contribution in [1.29, 1.82) is 0 Å². The van der Waals surface area contributed by atoms with Crippen LogP contribution < -0.4 is 10.6 Å². The van der Waals surface area contributed by atoms with E-state index in [-0.39, 0.29) is 23.6 Å². The number of hydrogen-bond donors (Lipinski definition) is 2. The van der Waals surface area contributed by atoms with Crippen molar-refractivity contribution in [3.63, 3.8) is 0 Å². The molecule has 1 aromatic heterocycles. The van der Waals surface area contributed by atoms with E-state index in [2.05, 4.69) is 34.3 Å². The van der Waals surface area contributed by atoms with E-state index in [1.807, 2.05) is 54.0 Å². The van der Waals surface area contributed by atoms with Crippen molar-refractivity contribution in [3.8, 4) is 0 Å². The van der Waals surface area contributed by atoms with Crippen LogP contribution in [0.4, 0.5) is 5.69 Å². The van der Waals surface area contributed by atoms with Gasteiger partial charge in [0.05, 0.1) is 11.8 Å². The number of nitrogens with one attached hydrogen (secondary N) is 2. The van der Waals surface area contributed by atoms with Crippen molar-refractivity contribution >= 4 is 29.3 Å². The van der Waals surface area contributed by atoms with Crippen LogP contribution in [0.15, 0.2) is 72.4 Å². The third kappa shape index (κ3) is 6.07. The van der Waals surface area contributed by atoms with Gasteiger partial charge in [-0.15, -0.1) is 16.8 Å². The smallest absolute Gasteiger partial charge is 0.251 e. The van der Waals surface area contributed by atoms with Gasteiger partial charge in [0.1, 0.15) is 0 Å². The van der Waals surface area contributed by atoms with Gasteiger partial charge in [-0.2, -0.15) is 0 Å². The van der Waals surface area contributed by atoms with Gasteiger partial charge in [-0.3, -0.25) is 9.59 Å². The molecule has 8 heteroatoms. The number of amides is 2. The first-order chi connectivity index (χ1) is 15.5. The Labute approximate surface area is 192 Å². The molecule has 0 saturated heterocycles. The molecule has 2 aromatic carbocycles. The van der Waals surface area contributed by atoms with E-state index in [1.54, 1.807) is 18.2 Å². The number of rotatable bonds is 10. The highest BCUT2D eigenvalue weighted by atomic mass is 32.2. The third-order valence-electron chi connectivity index (χ3n) is 4.81. The summed E-state index contributed by atoms with van der Waals surface area (Å²) in [6, 6.07) is 16.4. The molecule has 0 bridgehead atoms. The molecule has 0 aliphatic rings. The number of benzene rings is 2. The Hall–Kier alpha value is -3.39. The molecular formula is C24H27N5O2S. The highest BCUT2D eigenvalue weighted by Gasteiger charge is 2.20. The predicted molar refractivity (Wildman–Crippen MR) is 128 cm³/mol. The summed E-state index contributed by atoms with van der Waals surface area (Å²) in [5.41, 5.74) is 2.56. The van der Waals surface area contributed by atoms with E-state index in [1.165, 1.54) is 17.3 Å². The normalized spacial score (nSPS) is 11.6. The SMILES string of the molecule is C=CCn1c(SCC(=O)Nc2ccc(CC)cc2)nnc1[C@@H](C)NC(=O)c1ccccc1. The summed E-state index contributed by atoms with van der Waals surface area (Å²) >= 11 is 1.29. The second-order valence-corrected chi connectivity index (χ2v) is 8.13. The van der Waals surface area contributed by atoms with E-state index in [0.717, 1.165) is 12.1 Å². The molecule has 32 heavy (non-hydrogen) atoms. The van der Waals surface area contributed by atoms with Gasteiger partial charge in [0, 0.05) is 17.8 Å². The molecule has 1 atom stereocenters. The summed E-state index contributed by atoms with van der Waals surface area (Å²) < 4.78 is 1.86. The minimum absolute atomic E-state index is 0.126. The molecule has 0 spiro atoms. The number of carbonyl (C=O) groups is 2. The molecule has 0 fully saturated rings. The minimum Gasteiger partial charge on any atom is -0.342 e. The van der Waals surface area contributed by atoms with E-state index in [9.17, 15) is 9.59 Å². The molecule has 3 rings (SSSR count). The number of hydrogen-bond acceptors (Lipinski definition) is 5. The Morgan fingerprint density at radius 2 is 1.84 bits per heavy atom. The Morgan fingerprint density at radius 3 is 2.50 bits per heavy atom. The van der Waals surface area contributed by atoms with Crippen LogP contribution in [0.2, 0.25) is 0 Å². The summed E-state index contributed by atoms with van der Waals surface area (Å²) in [5.74, 6) is 0.482. The zero-order chi connectivity index (χ0) is 22.9. The van der Waals surface area contributed by atoms with Gasteiger partial charge in [-0.1, -0.05) is 55.1 Å². The van der Waals surface area contributed by atoms with Gasteiger partial charge in [0.15, 0.2) is 11.0 Å². The number of allylic oxidation sites excluding steroid dienone is 1. The van der Waals surface area contributed by atoms with E-state index in [0.29, 0.717) is 23.1 Å². The maximum atomic E-state index is 12.5. The fourth-order valence-electron chi connectivity index (χ4n) is 3.11. The molecule has 166 valence electrons. The average molecular weight is 450 g/mol. The molecule has 0 unspecified atom stereocenters. The summed E-state index contributed by atoms with van der Waals surface area (Å²) in [7, 11) is 0. The number of nitrogens with zero attached hydrogens (tertiary/aromatic N) is 3. The largest absolute Gasteiger partial charge is 0.342 e. The Kier molecular flexibility index (Phi) is 8.21. The van der Waals surface area contributed by atoms with E-state index < -0.39 is 0 Å². The molecule has 0 aliphatic carbocycles. The number of thioether (sulfide) groups is 1. The fraction of sp³-hybridized carbons (Fsp3) is 0.250. The molecule has 0 aliphatic heterocycles. The van der Waals surface area contributed by atoms with Crippen LogP contribution in [-0.2, 0) is 17.8 Å². The topological polar surface area (TPSA) is 88.9 Å². The Balaban J connectivity index is 1.63. The molecule has 0 radical (unpaired) electrons. The zero-order valence-electron chi connectivity index (χ0n) is 18.2. The lowest BCUT2D eigenvalue weighted by Crippen LogP contribution is -2.28. The number of anilines is 1. The third-order valence-corrected chi connectivity index (χ3v) is 5.77. The number of aryl methyl sites for hydroxylation is 1. The first-order valence-corrected chi connectivity index (χ1v) is 11.4. The van der Waals surface area contributed by atoms with Gasteiger partial charge < -0.3 is 15.2 Å². The zero-order valence-corrected chi connectivity index (χ0v) is 19.1. The monoisotopic (exact) mass is 449 g/mol. The highest BCUT2D eigenvalue weighted by molar-refractivity contribution is 7.99. The molecule has 0 saturated carbocycles. The lowest BCUT2D eigenvalue weighted by molar-refractivity contribution is -0.113. The van der Waals surface area contributed by atoms with Gasteiger partial charge in [0.25, 0.3) is 5.91 Å². The van der Waals surface area contributed by atoms with Crippen molar-refractivity contribution in [2.24, 2.45) is 0 Å². The number of aromatic nitrogens is 3. The molecular weight excluding hydrogens is 422 g/mol. The first-order valence-electron chi connectivity index (χ1n) is 10.4. The maximum absolute atomic E-state index is 12.5. The van der Waals surface area contributed by atoms with Crippen molar-refractivity contribution in [2.45, 2.75) is 38.0 Å². The Bertz CT molecular complexity index is 1060. The van der Waals surface area contributed by atoms with Crippen molar-refractivity contribution in [1.82, 2.24) is 20.1 Å². The lowest BCUT2D eigenvalue weighted by atomic mass is 10.1. The van der Waals surface area contributed by atoms with Crippen molar-refractivity contribution in [3.05, 3.63) is 84.2 Å². The van der Waals surface area contributed by atoms with Crippen LogP contribution in [0.1, 0.15) is 41.6 Å². The number of carbonyl (C=O) groups excluding carboxylic acids is 2. The molecule has 1 heterocycles. The molecule has 2 N–H and O–H groups in total. The Morgan fingerprint density at radius 1 is 1.12 bits per heavy atom. The minimum atomic E-state index is -0.365. The van der Waals surface area contributed by atoms with Crippen LogP contribution in [0, 0.1) is 0 Å². The maximum Gasteiger partial charge on any atom is 0.251 e. The molecule has 2 amide bonds. The van der Waals surface area contributed by atoms with Crippen LogP contribution in [-0.4, -0.2) is 32.3 Å². The van der Waals surface area contributed by atoms with E-state index >= 15 is 0 Å². The average Bonchev–Trinajstić information content (AvgIpc) is 3.21. The summed E-state index contributed by atoms with van der Waals surface area (Å²) in [6.07, 6.45) is 2.69. The second kappa shape index (κ2) is 11.3. The van der Waals surface area contributed by atoms with Crippen LogP contribution in [0.25, 0.3) is 0 Å². The van der Waals surface area contributed by atoms with Gasteiger partial charge in [-0.25, -0.2) is 0 Å². The van der Waals surface area contributed by atoms with Crippen LogP contribution >= 0.6 is 11.8 Å². The first kappa shape index (κ1) is 23.3. The second-order valence-electron chi connectivity index (χ2n) is 7.19. The van der Waals surface area contributed by atoms with E-state index in [4.69, 9.17) is 0 Å². The van der Waals surface area contributed by atoms with Crippen LogP contribution in [0.3, 0.4) is 0 Å². The van der Waals surface area contributed by atoms with Gasteiger partial charge in [-0.05, 0) is 43.2 Å². The fourth-order valence-corrected chi connectivity index (χ4v) is 3.87. The predicted octanol–water partition coefficient (Wildman–Crippen LogP) is 4.25. The quantitative estimate of drug-likeness (QED) is 0.357. The highest BCUT2D eigenvalue weighted by Crippen LogP contribution is 2.21. The van der Waals surface area contributed by atoms with Gasteiger partial charge in [0.2, 0.25) is 5.91 Å². The molecule has 7 nitrogen and oxygen atoms in total. The van der Waals surface area contributed by atoms with Crippen molar-refractivity contribution < 1.29 is 9.59 Å². The lowest BCUT2D eigenvalue weighted by Gasteiger charge is -2.15. The summed E-state index contributed by atoms with van der Waals surface area (Å²) in [4.78, 5) is 24.9. The summed E-state index contributed by atoms with van der Waals surface area (Å²) in [6.45, 7) is 8.21. The standard InChI is InChI=1S/C24H27N5O2S/c1-4-15-29-22(17(3)25-23(31)19-9-7-6-8-10-19)27-28-24(29)32-16-21(30)26-20-13-11-18(5-2)12-14-20/h4,6-14,17H,1,5,15-16H2,2-3H3,(H,25,31)(H,26,30)/t17-/m1/s1. The molecule has 3 aromatic rings. The van der Waals surface area contributed by atoms with Crippen molar-refractivity contribution in [2.75, 3.05) is 11.1 Å². The van der Waals surface area contributed by atoms with Gasteiger partial charge >= 0.3 is 0 Å².